The van der Waals surface area contributed by atoms with Crippen LogP contribution in [0.15, 0.2) is 0 Å². The van der Waals surface area contributed by atoms with Gasteiger partial charge in [0, 0.05) is 6.42 Å². The molecule has 0 amide bonds. The van der Waals surface area contributed by atoms with Gasteiger partial charge >= 0.3 is 12.1 Å². The summed E-state index contributed by atoms with van der Waals surface area (Å²) in [6.07, 6.45) is -5.39. The van der Waals surface area contributed by atoms with Crippen LogP contribution >= 0.6 is 0 Å². The van der Waals surface area contributed by atoms with Crippen molar-refractivity contribution in [2.45, 2.75) is 52.3 Å². The lowest BCUT2D eigenvalue weighted by molar-refractivity contribution is -0.162. The molecule has 0 aromatic carbocycles. The number of hydrogen-bond donors (Lipinski definition) is 0. The first-order valence-electron chi connectivity index (χ1n) is 4.81. The minimum absolute atomic E-state index is 0.224. The van der Waals surface area contributed by atoms with E-state index in [-0.39, 0.29) is 6.42 Å². The normalized spacial score (nSPS) is 14.9. The molecule has 0 aromatic rings. The van der Waals surface area contributed by atoms with Crippen LogP contribution in [0.4, 0.5) is 13.2 Å². The number of ether oxygens (including phenoxy) is 1. The van der Waals surface area contributed by atoms with Gasteiger partial charge in [0.25, 0.3) is 0 Å². The number of esters is 1. The monoisotopic (exact) mass is 226 g/mol. The van der Waals surface area contributed by atoms with E-state index in [1.807, 2.05) is 0 Å². The van der Waals surface area contributed by atoms with Crippen LogP contribution in [0.25, 0.3) is 0 Å². The highest BCUT2D eigenvalue weighted by molar-refractivity contribution is 5.72. The third kappa shape index (κ3) is 8.27. The van der Waals surface area contributed by atoms with E-state index < -0.39 is 30.1 Å². The molecule has 0 aliphatic heterocycles. The van der Waals surface area contributed by atoms with Crippen molar-refractivity contribution in [1.82, 2.24) is 0 Å². The fraction of sp³-hybridized carbons (Fsp3) is 0.900. The summed E-state index contributed by atoms with van der Waals surface area (Å²) in [6.45, 7) is 6.49. The molecular weight excluding hydrogens is 209 g/mol. The van der Waals surface area contributed by atoms with Crippen LogP contribution < -0.4 is 0 Å². The maximum absolute atomic E-state index is 11.9. The average Bonchev–Trinajstić information content (AvgIpc) is 1.95. The average molecular weight is 226 g/mol. The summed E-state index contributed by atoms with van der Waals surface area (Å²) in [4.78, 5) is 11.3. The van der Waals surface area contributed by atoms with Gasteiger partial charge in [-0.3, -0.25) is 4.79 Å². The van der Waals surface area contributed by atoms with Crippen molar-refractivity contribution in [2.24, 2.45) is 5.92 Å². The molecule has 0 bridgehead atoms. The number of carbonyl (C=O) groups excluding carboxylic acids is 1. The van der Waals surface area contributed by atoms with Crippen LogP contribution in [0.5, 0.6) is 0 Å². The molecule has 0 aliphatic rings. The topological polar surface area (TPSA) is 26.3 Å². The molecule has 0 fully saturated rings. The van der Waals surface area contributed by atoms with Gasteiger partial charge in [0.1, 0.15) is 5.60 Å². The fourth-order valence-corrected chi connectivity index (χ4v) is 0.900. The third-order valence-corrected chi connectivity index (χ3v) is 1.67. The molecule has 0 spiro atoms. The summed E-state index contributed by atoms with van der Waals surface area (Å²) >= 11 is 0. The lowest BCUT2D eigenvalue weighted by Gasteiger charge is -2.22. The van der Waals surface area contributed by atoms with Gasteiger partial charge in [0.2, 0.25) is 0 Å². The molecule has 0 heterocycles. The van der Waals surface area contributed by atoms with Gasteiger partial charge in [0.15, 0.2) is 0 Å². The Bertz CT molecular complexity index is 216. The Morgan fingerprint density at radius 3 is 2.07 bits per heavy atom. The SMILES string of the molecule is CC(CCC(F)(F)F)C(=O)OC(C)(C)C. The Labute approximate surface area is 87.8 Å². The van der Waals surface area contributed by atoms with Crippen LogP contribution in [-0.2, 0) is 9.53 Å². The zero-order chi connectivity index (χ0) is 12.3. The van der Waals surface area contributed by atoms with Gasteiger partial charge < -0.3 is 4.74 Å². The molecule has 15 heavy (non-hydrogen) atoms. The van der Waals surface area contributed by atoms with Gasteiger partial charge in [-0.1, -0.05) is 6.92 Å². The molecule has 1 unspecified atom stereocenters. The van der Waals surface area contributed by atoms with Crippen molar-refractivity contribution >= 4 is 5.97 Å². The number of alkyl halides is 3. The van der Waals surface area contributed by atoms with Crippen molar-refractivity contribution in [1.29, 1.82) is 0 Å². The van der Waals surface area contributed by atoms with E-state index in [1.165, 1.54) is 6.92 Å². The van der Waals surface area contributed by atoms with E-state index in [1.54, 1.807) is 20.8 Å². The van der Waals surface area contributed by atoms with Gasteiger partial charge in [0.05, 0.1) is 5.92 Å². The second-order valence-corrected chi connectivity index (χ2v) is 4.59. The first-order chi connectivity index (χ1) is 6.51. The van der Waals surface area contributed by atoms with E-state index in [0.29, 0.717) is 0 Å². The smallest absolute Gasteiger partial charge is 0.389 e. The Morgan fingerprint density at radius 1 is 1.27 bits per heavy atom. The maximum Gasteiger partial charge on any atom is 0.389 e. The predicted molar refractivity (Wildman–Crippen MR) is 50.3 cm³/mol. The van der Waals surface area contributed by atoms with Crippen LogP contribution in [0.2, 0.25) is 0 Å². The minimum atomic E-state index is -4.21. The lowest BCUT2D eigenvalue weighted by Crippen LogP contribution is -2.28. The maximum atomic E-state index is 11.9. The Balaban J connectivity index is 4.01. The number of halogens is 3. The first-order valence-corrected chi connectivity index (χ1v) is 4.81. The number of carbonyl (C=O) groups is 1. The van der Waals surface area contributed by atoms with Gasteiger partial charge in [-0.15, -0.1) is 0 Å². The molecular formula is C10H17F3O2. The Hall–Kier alpha value is -0.740. The molecule has 1 atom stereocenters. The molecule has 0 N–H and O–H groups in total. The standard InChI is InChI=1S/C10H17F3O2/c1-7(5-6-10(11,12)13)8(14)15-9(2,3)4/h7H,5-6H2,1-4H3. The lowest BCUT2D eigenvalue weighted by atomic mass is 10.1. The highest BCUT2D eigenvalue weighted by Gasteiger charge is 2.30. The summed E-state index contributed by atoms with van der Waals surface area (Å²) in [6, 6.07) is 0. The Kier molecular flexibility index (Phi) is 4.62. The molecule has 0 aromatic heterocycles. The molecule has 0 saturated heterocycles. The van der Waals surface area contributed by atoms with E-state index >= 15 is 0 Å². The highest BCUT2D eigenvalue weighted by Crippen LogP contribution is 2.25. The minimum Gasteiger partial charge on any atom is -0.460 e. The van der Waals surface area contributed by atoms with Gasteiger partial charge in [-0.05, 0) is 27.2 Å². The second kappa shape index (κ2) is 4.86. The zero-order valence-corrected chi connectivity index (χ0v) is 9.44. The first kappa shape index (κ1) is 14.3. The molecule has 0 saturated carbocycles. The summed E-state index contributed by atoms with van der Waals surface area (Å²) in [5, 5.41) is 0. The van der Waals surface area contributed by atoms with Crippen molar-refractivity contribution in [3.8, 4) is 0 Å². The van der Waals surface area contributed by atoms with Gasteiger partial charge in [-0.25, -0.2) is 0 Å². The van der Waals surface area contributed by atoms with Crippen LogP contribution in [0.1, 0.15) is 40.5 Å². The highest BCUT2D eigenvalue weighted by atomic mass is 19.4. The molecule has 0 rings (SSSR count). The summed E-state index contributed by atoms with van der Waals surface area (Å²) in [5.74, 6) is -1.29. The van der Waals surface area contributed by atoms with Crippen molar-refractivity contribution in [2.75, 3.05) is 0 Å². The predicted octanol–water partition coefficient (Wildman–Crippen LogP) is 3.31. The van der Waals surface area contributed by atoms with Gasteiger partial charge in [-0.2, -0.15) is 13.2 Å². The molecule has 90 valence electrons. The molecule has 0 radical (unpaired) electrons. The van der Waals surface area contributed by atoms with E-state index in [2.05, 4.69) is 0 Å². The van der Waals surface area contributed by atoms with Crippen LogP contribution in [0.3, 0.4) is 0 Å². The second-order valence-electron chi connectivity index (χ2n) is 4.59. The Morgan fingerprint density at radius 2 is 1.73 bits per heavy atom. The van der Waals surface area contributed by atoms with Crippen LogP contribution in [0, 0.1) is 5.92 Å². The third-order valence-electron chi connectivity index (χ3n) is 1.67. The van der Waals surface area contributed by atoms with Crippen LogP contribution in [-0.4, -0.2) is 17.7 Å². The summed E-state index contributed by atoms with van der Waals surface area (Å²) in [5.41, 5.74) is -0.649. The van der Waals surface area contributed by atoms with Crippen molar-refractivity contribution in [3.63, 3.8) is 0 Å². The largest absolute Gasteiger partial charge is 0.460 e. The molecule has 0 aliphatic carbocycles. The fourth-order valence-electron chi connectivity index (χ4n) is 0.900. The van der Waals surface area contributed by atoms with Crippen molar-refractivity contribution < 1.29 is 22.7 Å². The molecule has 5 heteroatoms. The zero-order valence-electron chi connectivity index (χ0n) is 9.44. The summed E-state index contributed by atoms with van der Waals surface area (Å²) in [7, 11) is 0. The number of hydrogen-bond acceptors (Lipinski definition) is 2. The van der Waals surface area contributed by atoms with E-state index in [9.17, 15) is 18.0 Å². The number of rotatable bonds is 3. The molecule has 2 nitrogen and oxygen atoms in total. The quantitative estimate of drug-likeness (QED) is 0.690. The van der Waals surface area contributed by atoms with E-state index in [0.717, 1.165) is 0 Å². The van der Waals surface area contributed by atoms with Crippen molar-refractivity contribution in [3.05, 3.63) is 0 Å². The van der Waals surface area contributed by atoms with E-state index in [4.69, 9.17) is 4.74 Å². The summed E-state index contributed by atoms with van der Waals surface area (Å²) < 4.78 is 40.6.